The smallest absolute Gasteiger partial charge is 0.224 e. The first-order valence-corrected chi connectivity index (χ1v) is 5.90. The molecule has 0 aromatic rings. The molecule has 2 rings (SSSR count). The molecule has 2 amide bonds. The minimum Gasteiger partial charge on any atom is -0.341 e. The Morgan fingerprint density at radius 2 is 1.44 bits per heavy atom. The zero-order chi connectivity index (χ0) is 11.4. The Hall–Kier alpha value is -1.10. The Kier molecular flexibility index (Phi) is 3.77. The molecular formula is C11H18N2O3. The molecule has 2 heterocycles. The molecule has 0 aliphatic carbocycles. The first-order valence-electron chi connectivity index (χ1n) is 5.90. The fourth-order valence-corrected chi connectivity index (χ4v) is 2.10. The third-order valence-corrected chi connectivity index (χ3v) is 3.09. The van der Waals surface area contributed by atoms with Crippen molar-refractivity contribution in [2.75, 3.05) is 26.6 Å². The van der Waals surface area contributed by atoms with Gasteiger partial charge in [0.1, 0.15) is 13.5 Å². The van der Waals surface area contributed by atoms with Gasteiger partial charge >= 0.3 is 0 Å². The van der Waals surface area contributed by atoms with Crippen LogP contribution in [0.4, 0.5) is 0 Å². The number of rotatable bonds is 4. The first-order chi connectivity index (χ1) is 7.77. The lowest BCUT2D eigenvalue weighted by molar-refractivity contribution is -0.144. The van der Waals surface area contributed by atoms with Crippen molar-refractivity contribution in [2.45, 2.75) is 32.1 Å². The van der Waals surface area contributed by atoms with Gasteiger partial charge in [-0.3, -0.25) is 9.59 Å². The molecule has 2 saturated heterocycles. The van der Waals surface area contributed by atoms with Crippen LogP contribution in [0.3, 0.4) is 0 Å². The number of hydrogen-bond donors (Lipinski definition) is 0. The molecule has 2 aliphatic heterocycles. The zero-order valence-electron chi connectivity index (χ0n) is 9.48. The van der Waals surface area contributed by atoms with Crippen LogP contribution in [-0.2, 0) is 14.3 Å². The van der Waals surface area contributed by atoms with Gasteiger partial charge in [-0.05, 0) is 19.3 Å². The van der Waals surface area contributed by atoms with Crippen molar-refractivity contribution in [3.63, 3.8) is 0 Å². The Morgan fingerprint density at radius 1 is 0.875 bits per heavy atom. The number of ether oxygens (including phenoxy) is 1. The Balaban J connectivity index is 1.67. The SMILES string of the molecule is O=C1CCCCN1COCN1CCCC1=O. The van der Waals surface area contributed by atoms with E-state index in [1.54, 1.807) is 9.80 Å². The lowest BCUT2D eigenvalue weighted by Crippen LogP contribution is -2.38. The van der Waals surface area contributed by atoms with Crippen molar-refractivity contribution < 1.29 is 14.3 Å². The molecule has 5 nitrogen and oxygen atoms in total. The standard InChI is InChI=1S/C11H18N2O3/c14-10-4-1-2-6-12(10)8-16-9-13-7-3-5-11(13)15/h1-9H2. The lowest BCUT2D eigenvalue weighted by Gasteiger charge is -2.27. The molecule has 2 fully saturated rings. The second kappa shape index (κ2) is 5.30. The van der Waals surface area contributed by atoms with E-state index in [1.165, 1.54) is 0 Å². The minimum absolute atomic E-state index is 0.157. The van der Waals surface area contributed by atoms with Gasteiger partial charge in [-0.15, -0.1) is 0 Å². The molecule has 0 radical (unpaired) electrons. The lowest BCUT2D eigenvalue weighted by atomic mass is 10.1. The predicted octanol–water partition coefficient (Wildman–Crippen LogP) is 0.553. The van der Waals surface area contributed by atoms with E-state index in [-0.39, 0.29) is 11.8 Å². The van der Waals surface area contributed by atoms with Gasteiger partial charge in [0.25, 0.3) is 0 Å². The van der Waals surface area contributed by atoms with Gasteiger partial charge in [0.2, 0.25) is 11.8 Å². The molecule has 0 saturated carbocycles. The van der Waals surface area contributed by atoms with E-state index in [1.807, 2.05) is 0 Å². The average Bonchev–Trinajstić information content (AvgIpc) is 2.67. The molecule has 0 unspecified atom stereocenters. The van der Waals surface area contributed by atoms with Crippen LogP contribution in [0.2, 0.25) is 0 Å². The normalized spacial score (nSPS) is 22.0. The molecule has 0 atom stereocenters. The maximum absolute atomic E-state index is 11.5. The largest absolute Gasteiger partial charge is 0.341 e. The topological polar surface area (TPSA) is 49.9 Å². The summed E-state index contributed by atoms with van der Waals surface area (Å²) in [6.45, 7) is 2.21. The quantitative estimate of drug-likeness (QED) is 0.703. The Bertz CT molecular complexity index is 280. The van der Waals surface area contributed by atoms with Crippen LogP contribution in [0.15, 0.2) is 0 Å². The molecule has 2 aliphatic rings. The van der Waals surface area contributed by atoms with Crippen molar-refractivity contribution >= 4 is 11.8 Å². The number of carbonyl (C=O) groups is 2. The number of piperidine rings is 1. The van der Waals surface area contributed by atoms with Gasteiger partial charge in [-0.25, -0.2) is 0 Å². The fourth-order valence-electron chi connectivity index (χ4n) is 2.10. The second-order valence-corrected chi connectivity index (χ2v) is 4.34. The summed E-state index contributed by atoms with van der Waals surface area (Å²) in [5.41, 5.74) is 0. The second-order valence-electron chi connectivity index (χ2n) is 4.34. The highest BCUT2D eigenvalue weighted by molar-refractivity contribution is 5.78. The average molecular weight is 226 g/mol. The predicted molar refractivity (Wildman–Crippen MR) is 57.3 cm³/mol. The summed E-state index contributed by atoms with van der Waals surface area (Å²) in [6, 6.07) is 0. The van der Waals surface area contributed by atoms with E-state index in [2.05, 4.69) is 0 Å². The van der Waals surface area contributed by atoms with Crippen molar-refractivity contribution in [1.29, 1.82) is 0 Å². The molecule has 0 bridgehead atoms. The minimum atomic E-state index is 0.157. The molecule has 0 spiro atoms. The third-order valence-electron chi connectivity index (χ3n) is 3.09. The summed E-state index contributed by atoms with van der Waals surface area (Å²) in [5.74, 6) is 0.323. The van der Waals surface area contributed by atoms with Crippen LogP contribution in [0.25, 0.3) is 0 Å². The highest BCUT2D eigenvalue weighted by Gasteiger charge is 2.21. The summed E-state index contributed by atoms with van der Waals surface area (Å²) in [6.07, 6.45) is 4.22. The summed E-state index contributed by atoms with van der Waals surface area (Å²) in [5, 5.41) is 0. The molecule has 5 heteroatoms. The number of hydrogen-bond acceptors (Lipinski definition) is 3. The van der Waals surface area contributed by atoms with Crippen LogP contribution in [-0.4, -0.2) is 48.2 Å². The monoisotopic (exact) mass is 226 g/mol. The van der Waals surface area contributed by atoms with E-state index >= 15 is 0 Å². The zero-order valence-corrected chi connectivity index (χ0v) is 9.48. The van der Waals surface area contributed by atoms with Gasteiger partial charge in [-0.2, -0.15) is 0 Å². The van der Waals surface area contributed by atoms with E-state index in [4.69, 9.17) is 4.74 Å². The van der Waals surface area contributed by atoms with Crippen LogP contribution >= 0.6 is 0 Å². The number of likely N-dealkylation sites (tertiary alicyclic amines) is 2. The fraction of sp³-hybridized carbons (Fsp3) is 0.818. The van der Waals surface area contributed by atoms with Gasteiger partial charge < -0.3 is 14.5 Å². The van der Waals surface area contributed by atoms with Crippen LogP contribution in [0.1, 0.15) is 32.1 Å². The van der Waals surface area contributed by atoms with Crippen LogP contribution < -0.4 is 0 Å². The summed E-state index contributed by atoms with van der Waals surface area (Å²) in [4.78, 5) is 26.2. The van der Waals surface area contributed by atoms with Gasteiger partial charge in [-0.1, -0.05) is 0 Å². The third kappa shape index (κ3) is 2.72. The Labute approximate surface area is 95.3 Å². The van der Waals surface area contributed by atoms with Gasteiger partial charge in [0, 0.05) is 25.9 Å². The van der Waals surface area contributed by atoms with Crippen LogP contribution in [0, 0.1) is 0 Å². The van der Waals surface area contributed by atoms with Gasteiger partial charge in [0.15, 0.2) is 0 Å². The summed E-state index contributed by atoms with van der Waals surface area (Å²) >= 11 is 0. The van der Waals surface area contributed by atoms with Crippen molar-refractivity contribution in [2.24, 2.45) is 0 Å². The highest BCUT2D eigenvalue weighted by Crippen LogP contribution is 2.12. The molecule has 0 aromatic heterocycles. The van der Waals surface area contributed by atoms with Crippen molar-refractivity contribution in [1.82, 2.24) is 9.80 Å². The number of amides is 2. The highest BCUT2D eigenvalue weighted by atomic mass is 16.5. The first kappa shape index (κ1) is 11.4. The molecule has 0 aromatic carbocycles. The summed E-state index contributed by atoms with van der Waals surface area (Å²) < 4.78 is 5.41. The molecular weight excluding hydrogens is 208 g/mol. The Morgan fingerprint density at radius 3 is 2.00 bits per heavy atom. The van der Waals surface area contributed by atoms with Crippen LogP contribution in [0.5, 0.6) is 0 Å². The van der Waals surface area contributed by atoms with E-state index in [0.29, 0.717) is 26.3 Å². The van der Waals surface area contributed by atoms with E-state index in [9.17, 15) is 9.59 Å². The molecule has 90 valence electrons. The molecule has 0 N–H and O–H groups in total. The van der Waals surface area contributed by atoms with Gasteiger partial charge in [0.05, 0.1) is 0 Å². The van der Waals surface area contributed by atoms with Crippen molar-refractivity contribution in [3.8, 4) is 0 Å². The van der Waals surface area contributed by atoms with E-state index in [0.717, 1.165) is 32.4 Å². The van der Waals surface area contributed by atoms with E-state index < -0.39 is 0 Å². The number of nitrogens with zero attached hydrogens (tertiary/aromatic N) is 2. The molecule has 16 heavy (non-hydrogen) atoms. The maximum atomic E-state index is 11.5. The summed E-state index contributed by atoms with van der Waals surface area (Å²) in [7, 11) is 0. The maximum Gasteiger partial charge on any atom is 0.224 e. The van der Waals surface area contributed by atoms with Crippen molar-refractivity contribution in [3.05, 3.63) is 0 Å². The number of carbonyl (C=O) groups excluding carboxylic acids is 2.